The van der Waals surface area contributed by atoms with Gasteiger partial charge in [-0.25, -0.2) is 5.48 Å². The van der Waals surface area contributed by atoms with Crippen LogP contribution in [0.1, 0.15) is 46.0 Å². The summed E-state index contributed by atoms with van der Waals surface area (Å²) in [6.45, 7) is 5.00. The van der Waals surface area contributed by atoms with Crippen molar-refractivity contribution in [1.82, 2.24) is 5.48 Å². The number of ketones is 2. The molecule has 0 bridgehead atoms. The highest BCUT2D eigenvalue weighted by atomic mass is 16.7. The predicted molar refractivity (Wildman–Crippen MR) is 99.4 cm³/mol. The Hall–Kier alpha value is -1.30. The molecule has 0 spiro atoms. The average Bonchev–Trinajstić information content (AvgIpc) is 3.22. The zero-order chi connectivity index (χ0) is 19.0. The Morgan fingerprint density at radius 2 is 2.15 bits per heavy atom. The van der Waals surface area contributed by atoms with Gasteiger partial charge < -0.3 is 5.11 Å². The number of hydroxylamine groups is 1. The van der Waals surface area contributed by atoms with Crippen molar-refractivity contribution >= 4 is 11.6 Å². The molecule has 27 heavy (non-hydrogen) atoms. The number of carbonyl (C=O) groups is 2. The third-order valence-corrected chi connectivity index (χ3v) is 8.77. The molecular weight excluding hydrogens is 342 g/mol. The van der Waals surface area contributed by atoms with Crippen LogP contribution in [0.3, 0.4) is 0 Å². The predicted octanol–water partition coefficient (Wildman–Crippen LogP) is 2.36. The van der Waals surface area contributed by atoms with E-state index in [2.05, 4.69) is 25.4 Å². The number of rotatable bonds is 2. The van der Waals surface area contributed by atoms with E-state index in [4.69, 9.17) is 4.84 Å². The molecular formula is C22H29NO4. The number of allylic oxidation sites excluding steroid dienone is 3. The third-order valence-electron chi connectivity index (χ3n) is 8.77. The summed E-state index contributed by atoms with van der Waals surface area (Å²) >= 11 is 0. The summed E-state index contributed by atoms with van der Waals surface area (Å²) in [5.74, 6) is 1.68. The maximum Gasteiger partial charge on any atom is 0.192 e. The Morgan fingerprint density at radius 3 is 2.93 bits per heavy atom. The molecule has 4 fully saturated rings. The lowest BCUT2D eigenvalue weighted by Crippen LogP contribution is -2.51. The second-order valence-corrected chi connectivity index (χ2v) is 9.76. The maximum absolute atomic E-state index is 12.4. The lowest BCUT2D eigenvalue weighted by atomic mass is 9.48. The summed E-state index contributed by atoms with van der Waals surface area (Å²) in [6.07, 6.45) is 9.24. The minimum atomic E-state index is -0.586. The number of fused-ring (bicyclic) bond motifs is 7. The van der Waals surface area contributed by atoms with Crippen molar-refractivity contribution in [3.05, 3.63) is 23.3 Å². The van der Waals surface area contributed by atoms with Gasteiger partial charge in [-0.15, -0.1) is 0 Å². The number of hydrogen-bond donors (Lipinski definition) is 2. The van der Waals surface area contributed by atoms with Crippen LogP contribution < -0.4 is 5.48 Å². The molecule has 5 aliphatic rings. The number of carbonyl (C=O) groups excluding carboxylic acids is 2. The molecule has 146 valence electrons. The van der Waals surface area contributed by atoms with Gasteiger partial charge in [0.15, 0.2) is 11.6 Å². The van der Waals surface area contributed by atoms with Crippen molar-refractivity contribution in [1.29, 1.82) is 0 Å². The van der Waals surface area contributed by atoms with Crippen LogP contribution >= 0.6 is 0 Å². The van der Waals surface area contributed by atoms with Crippen molar-refractivity contribution in [3.8, 4) is 0 Å². The lowest BCUT2D eigenvalue weighted by Gasteiger charge is -2.57. The van der Waals surface area contributed by atoms with Gasteiger partial charge in [-0.3, -0.25) is 14.4 Å². The fourth-order valence-electron chi connectivity index (χ4n) is 7.52. The van der Waals surface area contributed by atoms with Crippen LogP contribution in [0.4, 0.5) is 0 Å². The number of Topliss-reactive ketones (excluding diaryl/α,β-unsaturated/α-hetero) is 1. The molecule has 7 atom stereocenters. The first-order valence-corrected chi connectivity index (χ1v) is 10.4. The highest BCUT2D eigenvalue weighted by molar-refractivity contribution is 6.25. The summed E-state index contributed by atoms with van der Waals surface area (Å²) < 4.78 is 0. The van der Waals surface area contributed by atoms with Crippen molar-refractivity contribution < 1.29 is 19.5 Å². The van der Waals surface area contributed by atoms with E-state index in [-0.39, 0.29) is 22.2 Å². The molecule has 4 aliphatic carbocycles. The molecule has 5 rings (SSSR count). The van der Waals surface area contributed by atoms with Crippen LogP contribution in [0.2, 0.25) is 0 Å². The van der Waals surface area contributed by atoms with Crippen LogP contribution in [-0.4, -0.2) is 35.9 Å². The van der Waals surface area contributed by atoms with E-state index in [1.165, 1.54) is 6.42 Å². The van der Waals surface area contributed by atoms with Gasteiger partial charge in [-0.2, -0.15) is 0 Å². The molecule has 1 heterocycles. The first-order valence-electron chi connectivity index (χ1n) is 10.4. The Balaban J connectivity index is 1.53. The fraction of sp³-hybridized carbons (Fsp3) is 0.727. The average molecular weight is 371 g/mol. The second-order valence-electron chi connectivity index (χ2n) is 9.76. The lowest BCUT2D eigenvalue weighted by molar-refractivity contribution is -0.122. The Morgan fingerprint density at radius 1 is 1.33 bits per heavy atom. The number of aliphatic hydroxyl groups excluding tert-OH is 1. The third kappa shape index (κ3) is 2.22. The van der Waals surface area contributed by atoms with E-state index < -0.39 is 12.4 Å². The van der Waals surface area contributed by atoms with Crippen LogP contribution in [0.15, 0.2) is 23.3 Å². The van der Waals surface area contributed by atoms with E-state index in [1.807, 2.05) is 0 Å². The minimum absolute atomic E-state index is 0.226. The maximum atomic E-state index is 12.4. The number of nitrogens with one attached hydrogen (secondary N) is 1. The highest BCUT2D eigenvalue weighted by Crippen LogP contribution is 2.66. The van der Waals surface area contributed by atoms with E-state index in [0.29, 0.717) is 29.8 Å². The first kappa shape index (κ1) is 17.8. The molecule has 2 N–H and O–H groups in total. The van der Waals surface area contributed by atoms with Gasteiger partial charge in [0.2, 0.25) is 0 Å². The molecule has 0 amide bonds. The Kier molecular flexibility index (Phi) is 3.85. The van der Waals surface area contributed by atoms with Crippen molar-refractivity contribution in [3.63, 3.8) is 0 Å². The SMILES string of the molecule is CC12C=CC(=O)C(C(=O)CO)=C1CCC1C2CCC2(C)C1CC1CNOC12. The fourth-order valence-corrected chi connectivity index (χ4v) is 7.52. The van der Waals surface area contributed by atoms with Gasteiger partial charge in [-0.05, 0) is 66.9 Å². The molecule has 0 aromatic heterocycles. The standard InChI is InChI=1S/C22H29NO4/c1-21-8-6-17(25)19(18(26)11-24)15(21)4-3-13-14(21)5-7-22(2)16(13)9-12-10-23-27-20(12)22/h6,8,12-14,16,20,23-24H,3-5,7,9-11H2,1-2H3. The first-order chi connectivity index (χ1) is 12.9. The number of aliphatic hydroxyl groups is 1. The zero-order valence-corrected chi connectivity index (χ0v) is 16.2. The minimum Gasteiger partial charge on any atom is -0.388 e. The quantitative estimate of drug-likeness (QED) is 0.729. The molecule has 5 nitrogen and oxygen atoms in total. The molecule has 7 unspecified atom stereocenters. The van der Waals surface area contributed by atoms with Gasteiger partial charge in [0.25, 0.3) is 0 Å². The summed E-state index contributed by atoms with van der Waals surface area (Å²) in [5, 5.41) is 9.38. The Bertz CT molecular complexity index is 770. The topological polar surface area (TPSA) is 75.6 Å². The zero-order valence-electron chi connectivity index (χ0n) is 16.2. The van der Waals surface area contributed by atoms with Gasteiger partial charge in [0.1, 0.15) is 6.61 Å². The van der Waals surface area contributed by atoms with Crippen LogP contribution in [-0.2, 0) is 14.4 Å². The van der Waals surface area contributed by atoms with Crippen LogP contribution in [0.5, 0.6) is 0 Å². The number of hydrogen-bond acceptors (Lipinski definition) is 5. The van der Waals surface area contributed by atoms with Crippen molar-refractivity contribution in [2.75, 3.05) is 13.2 Å². The molecule has 1 saturated heterocycles. The van der Waals surface area contributed by atoms with Crippen molar-refractivity contribution in [2.45, 2.75) is 52.1 Å². The largest absolute Gasteiger partial charge is 0.388 e. The van der Waals surface area contributed by atoms with Crippen LogP contribution in [0.25, 0.3) is 0 Å². The molecule has 1 aliphatic heterocycles. The van der Waals surface area contributed by atoms with E-state index >= 15 is 0 Å². The molecule has 5 heteroatoms. The summed E-state index contributed by atoms with van der Waals surface area (Å²) in [6, 6.07) is 0. The van der Waals surface area contributed by atoms with E-state index in [9.17, 15) is 14.7 Å². The molecule has 0 aromatic rings. The Labute approximate surface area is 160 Å². The smallest absolute Gasteiger partial charge is 0.192 e. The molecule has 3 saturated carbocycles. The van der Waals surface area contributed by atoms with Crippen molar-refractivity contribution in [2.24, 2.45) is 34.5 Å². The normalized spacial score (nSPS) is 48.1. The summed E-state index contributed by atoms with van der Waals surface area (Å²) in [5.41, 5.74) is 4.36. The van der Waals surface area contributed by atoms with Gasteiger partial charge in [0, 0.05) is 17.9 Å². The monoisotopic (exact) mass is 371 g/mol. The molecule has 0 radical (unpaired) electrons. The molecule has 0 aromatic carbocycles. The van der Waals surface area contributed by atoms with Gasteiger partial charge in [0.05, 0.1) is 11.7 Å². The van der Waals surface area contributed by atoms with Gasteiger partial charge in [-0.1, -0.05) is 19.9 Å². The summed E-state index contributed by atoms with van der Waals surface area (Å²) in [4.78, 5) is 30.7. The highest BCUT2D eigenvalue weighted by Gasteiger charge is 2.63. The van der Waals surface area contributed by atoms with Gasteiger partial charge >= 0.3 is 0 Å². The summed E-state index contributed by atoms with van der Waals surface area (Å²) in [7, 11) is 0. The second kappa shape index (κ2) is 5.85. The van der Waals surface area contributed by atoms with E-state index in [1.54, 1.807) is 6.08 Å². The van der Waals surface area contributed by atoms with E-state index in [0.717, 1.165) is 37.8 Å². The van der Waals surface area contributed by atoms with Crippen LogP contribution in [0, 0.1) is 34.5 Å².